The predicted octanol–water partition coefficient (Wildman–Crippen LogP) is 4.18. The Kier molecular flexibility index (Phi) is 7.74. The third-order valence-electron chi connectivity index (χ3n) is 6.26. The molecule has 35 heavy (non-hydrogen) atoms. The van der Waals surface area contributed by atoms with Crippen LogP contribution in [0.3, 0.4) is 0 Å². The van der Waals surface area contributed by atoms with E-state index in [-0.39, 0.29) is 10.7 Å². The minimum absolute atomic E-state index is 0.220. The van der Waals surface area contributed by atoms with Crippen LogP contribution in [-0.2, 0) is 29.4 Å². The summed E-state index contributed by atoms with van der Waals surface area (Å²) >= 11 is 0. The second-order valence-electron chi connectivity index (χ2n) is 9.40. The number of nitrogens with zero attached hydrogens (tertiary/aromatic N) is 3. The highest BCUT2D eigenvalue weighted by Crippen LogP contribution is 2.24. The first-order chi connectivity index (χ1) is 16.7. The Balaban J connectivity index is 1.41. The first-order valence-electron chi connectivity index (χ1n) is 11.8. The van der Waals surface area contributed by atoms with Crippen molar-refractivity contribution in [1.29, 1.82) is 0 Å². The molecule has 0 aliphatic carbocycles. The van der Waals surface area contributed by atoms with Crippen LogP contribution in [0.15, 0.2) is 71.6 Å². The van der Waals surface area contributed by atoms with E-state index in [1.807, 2.05) is 42.3 Å². The Morgan fingerprint density at radius 3 is 2.20 bits per heavy atom. The van der Waals surface area contributed by atoms with E-state index >= 15 is 0 Å². The molecule has 0 spiro atoms. The van der Waals surface area contributed by atoms with Crippen LogP contribution >= 0.6 is 0 Å². The molecule has 3 aromatic rings. The molecule has 0 saturated heterocycles. The lowest BCUT2D eigenvalue weighted by molar-refractivity contribution is 0.183. The van der Waals surface area contributed by atoms with E-state index in [0.717, 1.165) is 43.9 Å². The van der Waals surface area contributed by atoms with Crippen molar-refractivity contribution in [2.45, 2.75) is 24.3 Å². The average Bonchev–Trinajstić information content (AvgIpc) is 3.01. The van der Waals surface area contributed by atoms with Gasteiger partial charge in [-0.15, -0.1) is 0 Å². The summed E-state index contributed by atoms with van der Waals surface area (Å²) in [7, 11) is 2.36. The molecule has 0 aromatic heterocycles. The van der Waals surface area contributed by atoms with Crippen LogP contribution in [0.4, 0.5) is 15.8 Å². The number of rotatable bonds is 8. The monoisotopic (exact) mass is 496 g/mol. The topological polar surface area (TPSA) is 55.9 Å². The number of halogens is 1. The van der Waals surface area contributed by atoms with Gasteiger partial charge in [-0.1, -0.05) is 18.2 Å². The van der Waals surface area contributed by atoms with Gasteiger partial charge >= 0.3 is 0 Å². The van der Waals surface area contributed by atoms with E-state index < -0.39 is 10.0 Å². The Morgan fingerprint density at radius 1 is 0.886 bits per heavy atom. The van der Waals surface area contributed by atoms with Crippen LogP contribution in [0.2, 0.25) is 0 Å². The van der Waals surface area contributed by atoms with Gasteiger partial charge in [0.15, 0.2) is 0 Å². The maximum absolute atomic E-state index is 13.2. The molecule has 0 fully saturated rings. The number of sulfonamides is 1. The Morgan fingerprint density at radius 2 is 1.54 bits per heavy atom. The number of nitrogens with one attached hydrogen (secondary N) is 1. The van der Waals surface area contributed by atoms with E-state index in [0.29, 0.717) is 12.2 Å². The quantitative estimate of drug-likeness (QED) is 0.507. The van der Waals surface area contributed by atoms with Gasteiger partial charge in [-0.25, -0.2) is 12.8 Å². The summed E-state index contributed by atoms with van der Waals surface area (Å²) in [5.41, 5.74) is 4.92. The summed E-state index contributed by atoms with van der Waals surface area (Å²) in [4.78, 5) is 6.79. The van der Waals surface area contributed by atoms with Crippen molar-refractivity contribution in [1.82, 2.24) is 9.80 Å². The number of hydrogen-bond acceptors (Lipinski definition) is 5. The molecule has 3 aromatic carbocycles. The van der Waals surface area contributed by atoms with Crippen molar-refractivity contribution in [2.75, 3.05) is 50.5 Å². The van der Waals surface area contributed by atoms with Crippen LogP contribution in [-0.4, -0.2) is 59.1 Å². The molecule has 4 rings (SSSR count). The molecule has 0 atom stereocenters. The van der Waals surface area contributed by atoms with Crippen LogP contribution < -0.4 is 9.62 Å². The second-order valence-corrected chi connectivity index (χ2v) is 11.1. The Bertz CT molecular complexity index is 1250. The Hall–Kier alpha value is -2.94. The number of hydrogen-bond donors (Lipinski definition) is 1. The molecule has 0 saturated carbocycles. The summed E-state index contributed by atoms with van der Waals surface area (Å²) in [5, 5.41) is 0. The fraction of sp³-hybridized carbons (Fsp3) is 0.333. The summed E-state index contributed by atoms with van der Waals surface area (Å²) in [5.74, 6) is -0.273. The molecule has 0 radical (unpaired) electrons. The molecule has 1 aliphatic rings. The predicted molar refractivity (Wildman–Crippen MR) is 140 cm³/mol. The molecule has 0 amide bonds. The van der Waals surface area contributed by atoms with Crippen molar-refractivity contribution in [2.24, 2.45) is 0 Å². The highest BCUT2D eigenvalue weighted by atomic mass is 32.2. The van der Waals surface area contributed by atoms with Crippen molar-refractivity contribution >= 4 is 21.4 Å². The van der Waals surface area contributed by atoms with Gasteiger partial charge in [-0.2, -0.15) is 0 Å². The fourth-order valence-corrected chi connectivity index (χ4v) is 5.47. The Labute approximate surface area is 208 Å². The van der Waals surface area contributed by atoms with E-state index in [4.69, 9.17) is 0 Å². The van der Waals surface area contributed by atoms with Gasteiger partial charge in [-0.3, -0.25) is 14.5 Å². The molecule has 0 unspecified atom stereocenters. The van der Waals surface area contributed by atoms with Gasteiger partial charge < -0.3 is 4.90 Å². The van der Waals surface area contributed by atoms with Gasteiger partial charge in [0.1, 0.15) is 5.82 Å². The first-order valence-corrected chi connectivity index (χ1v) is 13.3. The minimum Gasteiger partial charge on any atom is -0.370 e. The molecule has 8 heteroatoms. The molecular formula is C27H33FN4O2S. The highest BCUT2D eigenvalue weighted by Gasteiger charge is 2.18. The lowest BCUT2D eigenvalue weighted by Crippen LogP contribution is -2.35. The SMILES string of the molecule is CN(C)CN1CCc2ccc(NS(=O)(=O)c3ccc(CN(C)c4ccc(F)cc4)cc3)cc2CC1. The summed E-state index contributed by atoms with van der Waals surface area (Å²) in [6.45, 7) is 3.45. The molecular weight excluding hydrogens is 463 g/mol. The van der Waals surface area contributed by atoms with Crippen LogP contribution in [0.25, 0.3) is 0 Å². The van der Waals surface area contributed by atoms with Gasteiger partial charge in [0.25, 0.3) is 10.0 Å². The third-order valence-corrected chi connectivity index (χ3v) is 7.65. The molecule has 186 valence electrons. The van der Waals surface area contributed by atoms with E-state index in [2.05, 4.69) is 28.6 Å². The van der Waals surface area contributed by atoms with Gasteiger partial charge in [0, 0.05) is 38.1 Å². The lowest BCUT2D eigenvalue weighted by Gasteiger charge is -2.23. The van der Waals surface area contributed by atoms with Crippen molar-refractivity contribution < 1.29 is 12.8 Å². The van der Waals surface area contributed by atoms with Gasteiger partial charge in [0.2, 0.25) is 0 Å². The number of fused-ring (bicyclic) bond motifs is 1. The molecule has 1 aliphatic heterocycles. The summed E-state index contributed by atoms with van der Waals surface area (Å²) in [6, 6.07) is 19.0. The van der Waals surface area contributed by atoms with Crippen LogP contribution in [0.5, 0.6) is 0 Å². The molecule has 6 nitrogen and oxygen atoms in total. The maximum Gasteiger partial charge on any atom is 0.261 e. The number of benzene rings is 3. The smallest absolute Gasteiger partial charge is 0.261 e. The fourth-order valence-electron chi connectivity index (χ4n) is 4.43. The largest absolute Gasteiger partial charge is 0.370 e. The normalized spacial score (nSPS) is 14.4. The first kappa shape index (κ1) is 25.2. The van der Waals surface area contributed by atoms with Crippen molar-refractivity contribution in [3.63, 3.8) is 0 Å². The van der Waals surface area contributed by atoms with Crippen LogP contribution in [0.1, 0.15) is 16.7 Å². The standard InChI is InChI=1S/C27H33FN4O2S/c1-30(2)20-32-16-14-22-6-9-25(18-23(22)15-17-32)29-35(33,34)27-12-4-21(5-13-27)19-31(3)26-10-7-24(28)8-11-26/h4-13,18,29H,14-17,19-20H2,1-3H3. The zero-order valence-electron chi connectivity index (χ0n) is 20.5. The van der Waals surface area contributed by atoms with E-state index in [1.165, 1.54) is 23.3 Å². The zero-order valence-corrected chi connectivity index (χ0v) is 21.4. The zero-order chi connectivity index (χ0) is 25.0. The van der Waals surface area contributed by atoms with E-state index in [1.54, 1.807) is 24.3 Å². The van der Waals surface area contributed by atoms with Crippen molar-refractivity contribution in [3.8, 4) is 0 Å². The maximum atomic E-state index is 13.2. The minimum atomic E-state index is -3.70. The van der Waals surface area contributed by atoms with E-state index in [9.17, 15) is 12.8 Å². The molecule has 1 heterocycles. The highest BCUT2D eigenvalue weighted by molar-refractivity contribution is 7.92. The summed E-state index contributed by atoms with van der Waals surface area (Å²) < 4.78 is 42.0. The second kappa shape index (κ2) is 10.8. The molecule has 1 N–H and O–H groups in total. The lowest BCUT2D eigenvalue weighted by atomic mass is 10.0. The average molecular weight is 497 g/mol. The van der Waals surface area contributed by atoms with Crippen LogP contribution in [0, 0.1) is 5.82 Å². The summed E-state index contributed by atoms with van der Waals surface area (Å²) in [6.07, 6.45) is 1.86. The molecule has 0 bridgehead atoms. The van der Waals surface area contributed by atoms with Gasteiger partial charge in [-0.05, 0) is 92.2 Å². The van der Waals surface area contributed by atoms with Crippen molar-refractivity contribution in [3.05, 3.63) is 89.2 Å². The third kappa shape index (κ3) is 6.60. The van der Waals surface area contributed by atoms with Gasteiger partial charge in [0.05, 0.1) is 11.6 Å². The number of anilines is 2.